The number of carbonyl (C=O) groups excluding carboxylic acids is 1. The Bertz CT molecular complexity index is 1020. The number of nitro groups is 1. The molecule has 1 heterocycles. The van der Waals surface area contributed by atoms with Gasteiger partial charge < -0.3 is 5.32 Å². The molecule has 0 aliphatic heterocycles. The molecule has 0 bridgehead atoms. The second-order valence-electron chi connectivity index (χ2n) is 6.00. The van der Waals surface area contributed by atoms with E-state index < -0.39 is 4.92 Å². The molecule has 3 aromatic rings. The average Bonchev–Trinajstić information content (AvgIpc) is 2.94. The van der Waals surface area contributed by atoms with E-state index >= 15 is 0 Å². The number of nitrogens with zero attached hydrogens (tertiary/aromatic N) is 3. The van der Waals surface area contributed by atoms with Crippen LogP contribution in [0.5, 0.6) is 0 Å². The number of nitrogens with one attached hydrogen (secondary N) is 1. The van der Waals surface area contributed by atoms with Gasteiger partial charge in [-0.25, -0.2) is 4.68 Å². The van der Waals surface area contributed by atoms with Gasteiger partial charge in [0.15, 0.2) is 0 Å². The summed E-state index contributed by atoms with van der Waals surface area (Å²) >= 11 is 2.00. The van der Waals surface area contributed by atoms with Crippen LogP contribution in [0.3, 0.4) is 0 Å². The van der Waals surface area contributed by atoms with Gasteiger partial charge in [0.2, 0.25) is 0 Å². The number of carbonyl (C=O) groups is 1. The molecule has 0 atom stereocenters. The van der Waals surface area contributed by atoms with Crippen LogP contribution in [0.25, 0.3) is 5.69 Å². The lowest BCUT2D eigenvalue weighted by atomic mass is 10.1. The van der Waals surface area contributed by atoms with E-state index in [2.05, 4.69) is 10.4 Å². The second-order valence-corrected chi connectivity index (χ2v) is 7.16. The molecule has 0 unspecified atom stereocenters. The minimum atomic E-state index is -0.509. The molecule has 0 aliphatic carbocycles. The van der Waals surface area contributed by atoms with Crippen molar-refractivity contribution >= 4 is 34.2 Å². The van der Waals surface area contributed by atoms with E-state index in [-0.39, 0.29) is 17.2 Å². The summed E-state index contributed by atoms with van der Waals surface area (Å²) in [7, 11) is 0. The number of non-ortho nitro benzene ring substituents is 1. The Morgan fingerprint density at radius 3 is 2.59 bits per heavy atom. The SMILES string of the molecule is Cc1nn(-c2ccccc2)c(C)c1CNC(=O)c1cc([N+](=O)[O-])ccc1I. The van der Waals surface area contributed by atoms with Crippen molar-refractivity contribution in [2.75, 3.05) is 0 Å². The number of hydrogen-bond donors (Lipinski definition) is 1. The molecular formula is C19H17IN4O3. The first-order valence-corrected chi connectivity index (χ1v) is 9.29. The number of halogens is 1. The highest BCUT2D eigenvalue weighted by Crippen LogP contribution is 2.21. The summed E-state index contributed by atoms with van der Waals surface area (Å²) in [6.45, 7) is 4.14. The average molecular weight is 476 g/mol. The van der Waals surface area contributed by atoms with Crippen LogP contribution >= 0.6 is 22.6 Å². The van der Waals surface area contributed by atoms with Crippen LogP contribution < -0.4 is 5.32 Å². The number of aromatic nitrogens is 2. The molecule has 2 aromatic carbocycles. The normalized spacial score (nSPS) is 10.6. The molecule has 1 N–H and O–H groups in total. The van der Waals surface area contributed by atoms with Crippen molar-refractivity contribution in [1.82, 2.24) is 15.1 Å². The van der Waals surface area contributed by atoms with Crippen molar-refractivity contribution in [3.63, 3.8) is 0 Å². The van der Waals surface area contributed by atoms with E-state index in [1.54, 1.807) is 6.07 Å². The van der Waals surface area contributed by atoms with Crippen LogP contribution in [0.1, 0.15) is 27.3 Å². The van der Waals surface area contributed by atoms with Gasteiger partial charge >= 0.3 is 0 Å². The maximum absolute atomic E-state index is 12.5. The van der Waals surface area contributed by atoms with E-state index in [1.807, 2.05) is 71.5 Å². The molecular weight excluding hydrogens is 459 g/mol. The van der Waals surface area contributed by atoms with Crippen LogP contribution in [-0.4, -0.2) is 20.6 Å². The fraction of sp³-hybridized carbons (Fsp3) is 0.158. The summed E-state index contributed by atoms with van der Waals surface area (Å²) in [5.74, 6) is -0.352. The summed E-state index contributed by atoms with van der Waals surface area (Å²) < 4.78 is 2.50. The third-order valence-corrected chi connectivity index (χ3v) is 5.21. The quantitative estimate of drug-likeness (QED) is 0.343. The fourth-order valence-electron chi connectivity index (χ4n) is 2.82. The van der Waals surface area contributed by atoms with Crippen molar-refractivity contribution in [3.05, 3.63) is 84.7 Å². The van der Waals surface area contributed by atoms with Gasteiger partial charge in [-0.15, -0.1) is 0 Å². The first-order chi connectivity index (χ1) is 12.9. The van der Waals surface area contributed by atoms with Crippen LogP contribution in [-0.2, 0) is 6.54 Å². The Kier molecular flexibility index (Phi) is 5.54. The molecule has 7 nitrogen and oxygen atoms in total. The lowest BCUT2D eigenvalue weighted by molar-refractivity contribution is -0.384. The summed E-state index contributed by atoms with van der Waals surface area (Å²) in [5.41, 5.74) is 3.81. The summed E-state index contributed by atoms with van der Waals surface area (Å²) in [6, 6.07) is 14.0. The number of aryl methyl sites for hydroxylation is 1. The number of amides is 1. The van der Waals surface area contributed by atoms with E-state index in [9.17, 15) is 14.9 Å². The smallest absolute Gasteiger partial charge is 0.270 e. The molecule has 1 aromatic heterocycles. The van der Waals surface area contributed by atoms with Gasteiger partial charge in [-0.1, -0.05) is 18.2 Å². The van der Waals surface area contributed by atoms with Gasteiger partial charge in [-0.2, -0.15) is 5.10 Å². The van der Waals surface area contributed by atoms with Crippen molar-refractivity contribution < 1.29 is 9.72 Å². The zero-order valence-corrected chi connectivity index (χ0v) is 16.9. The zero-order valence-electron chi connectivity index (χ0n) is 14.8. The highest BCUT2D eigenvalue weighted by atomic mass is 127. The third-order valence-electron chi connectivity index (χ3n) is 4.27. The fourth-order valence-corrected chi connectivity index (χ4v) is 3.40. The predicted octanol–water partition coefficient (Wildman–Crippen LogP) is 3.93. The summed E-state index contributed by atoms with van der Waals surface area (Å²) in [5, 5.41) is 18.4. The standard InChI is InChI=1S/C19H17IN4O3/c1-12-17(13(2)23(22-12)14-6-4-3-5-7-14)11-21-19(25)16-10-15(24(26)27)8-9-18(16)20/h3-10H,11H2,1-2H3,(H,21,25). The molecule has 0 aliphatic rings. The van der Waals surface area contributed by atoms with Gasteiger partial charge in [-0.3, -0.25) is 14.9 Å². The van der Waals surface area contributed by atoms with Crippen LogP contribution in [0.4, 0.5) is 5.69 Å². The lowest BCUT2D eigenvalue weighted by Crippen LogP contribution is -2.24. The number of rotatable bonds is 5. The first kappa shape index (κ1) is 19.0. The maximum Gasteiger partial charge on any atom is 0.270 e. The lowest BCUT2D eigenvalue weighted by Gasteiger charge is -2.08. The third kappa shape index (κ3) is 4.00. The zero-order chi connectivity index (χ0) is 19.6. The molecule has 1 amide bonds. The number of hydrogen-bond acceptors (Lipinski definition) is 4. The molecule has 0 spiro atoms. The number of para-hydroxylation sites is 1. The van der Waals surface area contributed by atoms with Crippen molar-refractivity contribution in [2.45, 2.75) is 20.4 Å². The molecule has 0 radical (unpaired) electrons. The van der Waals surface area contributed by atoms with Crippen molar-refractivity contribution in [1.29, 1.82) is 0 Å². The molecule has 138 valence electrons. The monoisotopic (exact) mass is 476 g/mol. The highest BCUT2D eigenvalue weighted by Gasteiger charge is 2.17. The molecule has 0 saturated heterocycles. The maximum atomic E-state index is 12.5. The minimum Gasteiger partial charge on any atom is -0.348 e. The topological polar surface area (TPSA) is 90.1 Å². The van der Waals surface area contributed by atoms with Gasteiger partial charge in [-0.05, 0) is 54.6 Å². The van der Waals surface area contributed by atoms with E-state index in [4.69, 9.17) is 0 Å². The first-order valence-electron chi connectivity index (χ1n) is 8.21. The second kappa shape index (κ2) is 7.87. The molecule has 0 fully saturated rings. The van der Waals surface area contributed by atoms with Gasteiger partial charge in [0.05, 0.1) is 21.9 Å². The summed E-state index contributed by atoms with van der Waals surface area (Å²) in [6.07, 6.45) is 0. The van der Waals surface area contributed by atoms with E-state index in [1.165, 1.54) is 12.1 Å². The largest absolute Gasteiger partial charge is 0.348 e. The van der Waals surface area contributed by atoms with Crippen molar-refractivity contribution in [2.24, 2.45) is 0 Å². The van der Waals surface area contributed by atoms with Crippen LogP contribution in [0, 0.1) is 27.5 Å². The van der Waals surface area contributed by atoms with Gasteiger partial charge in [0, 0.05) is 33.5 Å². The van der Waals surface area contributed by atoms with Crippen LogP contribution in [0.15, 0.2) is 48.5 Å². The van der Waals surface area contributed by atoms with E-state index in [0.717, 1.165) is 22.6 Å². The van der Waals surface area contributed by atoms with E-state index in [0.29, 0.717) is 10.1 Å². The highest BCUT2D eigenvalue weighted by molar-refractivity contribution is 14.1. The Morgan fingerprint density at radius 2 is 1.93 bits per heavy atom. The molecule has 27 heavy (non-hydrogen) atoms. The summed E-state index contributed by atoms with van der Waals surface area (Å²) in [4.78, 5) is 23.0. The van der Waals surface area contributed by atoms with Crippen molar-refractivity contribution in [3.8, 4) is 5.69 Å². The molecule has 8 heteroatoms. The number of benzene rings is 2. The molecule has 0 saturated carbocycles. The Hall–Kier alpha value is -2.75. The predicted molar refractivity (Wildman–Crippen MR) is 110 cm³/mol. The Balaban J connectivity index is 1.82. The number of nitro benzene ring substituents is 1. The van der Waals surface area contributed by atoms with Gasteiger partial charge in [0.1, 0.15) is 0 Å². The van der Waals surface area contributed by atoms with Crippen LogP contribution in [0.2, 0.25) is 0 Å². The van der Waals surface area contributed by atoms with Gasteiger partial charge in [0.25, 0.3) is 11.6 Å². The Labute approximate surface area is 169 Å². The Morgan fingerprint density at radius 1 is 1.22 bits per heavy atom. The molecule has 3 rings (SSSR count). The minimum absolute atomic E-state index is 0.107.